The Bertz CT molecular complexity index is 1520. The molecule has 2 aromatic heterocycles. The molecule has 0 radical (unpaired) electrons. The predicted octanol–water partition coefficient (Wildman–Crippen LogP) is 7.43. The van der Waals surface area contributed by atoms with Gasteiger partial charge in [-0.15, -0.1) is 22.7 Å². The van der Waals surface area contributed by atoms with Gasteiger partial charge in [-0.05, 0) is 78.9 Å². The van der Waals surface area contributed by atoms with E-state index in [-0.39, 0.29) is 17.7 Å². The van der Waals surface area contributed by atoms with E-state index in [0.29, 0.717) is 18.5 Å². The largest absolute Gasteiger partial charge is 0.369 e. The summed E-state index contributed by atoms with van der Waals surface area (Å²) < 4.78 is 0. The van der Waals surface area contributed by atoms with Crippen molar-refractivity contribution in [2.24, 2.45) is 5.92 Å². The van der Waals surface area contributed by atoms with Gasteiger partial charge in [0.05, 0.1) is 11.6 Å². The molecule has 2 aromatic carbocycles. The molecule has 0 aliphatic heterocycles. The molecule has 4 aromatic rings. The van der Waals surface area contributed by atoms with E-state index < -0.39 is 6.04 Å². The minimum atomic E-state index is -0.823. The third-order valence-electron chi connectivity index (χ3n) is 7.62. The number of thiazole rings is 1. The van der Waals surface area contributed by atoms with Gasteiger partial charge in [0, 0.05) is 52.9 Å². The standard InChI is InChI=1S/C34H38N4O2S2/c1-5-25-8-6-9-28(20-25)36-33(39)32(27-13-15-29(16-14-27)37(4)21-30-10-7-19-41-30)38(34(40)24(3)26-11-12-26)18-17-31-35-23(2)22-42-31/h6-10,13-16,19-20,22,26,32H,3,5,11-12,17-18,21H2,1-2,4H3,(H,36,39). The number of carbonyl (C=O) groups excluding carboxylic acids is 2. The van der Waals surface area contributed by atoms with Gasteiger partial charge in [0.1, 0.15) is 6.04 Å². The van der Waals surface area contributed by atoms with Crippen LogP contribution in [0.4, 0.5) is 11.4 Å². The van der Waals surface area contributed by atoms with Crippen LogP contribution in [0.3, 0.4) is 0 Å². The lowest BCUT2D eigenvalue weighted by Gasteiger charge is -2.32. The third-order valence-corrected chi connectivity index (χ3v) is 9.51. The first-order chi connectivity index (χ1) is 20.3. The van der Waals surface area contributed by atoms with Crippen LogP contribution in [-0.2, 0) is 29.0 Å². The van der Waals surface area contributed by atoms with Crippen LogP contribution in [0.5, 0.6) is 0 Å². The molecule has 0 spiro atoms. The summed E-state index contributed by atoms with van der Waals surface area (Å²) >= 11 is 3.31. The molecule has 1 unspecified atom stereocenters. The molecule has 2 amide bonds. The summed E-state index contributed by atoms with van der Waals surface area (Å²) in [6.45, 7) is 9.39. The van der Waals surface area contributed by atoms with Gasteiger partial charge in [0.15, 0.2) is 0 Å². The van der Waals surface area contributed by atoms with E-state index in [1.54, 1.807) is 27.6 Å². The van der Waals surface area contributed by atoms with E-state index in [2.05, 4.69) is 53.3 Å². The zero-order valence-corrected chi connectivity index (χ0v) is 26.1. The molecule has 218 valence electrons. The van der Waals surface area contributed by atoms with Gasteiger partial charge in [-0.2, -0.15) is 0 Å². The number of aromatic nitrogens is 1. The quantitative estimate of drug-likeness (QED) is 0.163. The number of amides is 2. The van der Waals surface area contributed by atoms with Crippen molar-refractivity contribution in [3.05, 3.63) is 110 Å². The average Bonchev–Trinajstić information content (AvgIpc) is 3.57. The van der Waals surface area contributed by atoms with E-state index in [1.165, 1.54) is 4.88 Å². The Kier molecular flexibility index (Phi) is 9.55. The summed E-state index contributed by atoms with van der Waals surface area (Å²) in [6, 6.07) is 19.3. The first kappa shape index (κ1) is 29.7. The number of nitrogens with zero attached hydrogens (tertiary/aromatic N) is 3. The zero-order valence-electron chi connectivity index (χ0n) is 24.5. The lowest BCUT2D eigenvalue weighted by atomic mass is 10.0. The monoisotopic (exact) mass is 598 g/mol. The van der Waals surface area contributed by atoms with Gasteiger partial charge in [0.2, 0.25) is 5.91 Å². The lowest BCUT2D eigenvalue weighted by Crippen LogP contribution is -2.43. The Morgan fingerprint density at radius 1 is 1.10 bits per heavy atom. The van der Waals surface area contributed by atoms with Crippen LogP contribution in [0.25, 0.3) is 0 Å². The van der Waals surface area contributed by atoms with Crippen LogP contribution >= 0.6 is 22.7 Å². The maximum atomic E-state index is 14.2. The fourth-order valence-electron chi connectivity index (χ4n) is 5.06. The van der Waals surface area contributed by atoms with Crippen LogP contribution < -0.4 is 10.2 Å². The molecule has 1 fully saturated rings. The minimum Gasteiger partial charge on any atom is -0.369 e. The Balaban J connectivity index is 1.47. The molecule has 8 heteroatoms. The number of hydrogen-bond acceptors (Lipinski definition) is 6. The Labute approximate surface area is 256 Å². The highest BCUT2D eigenvalue weighted by atomic mass is 32.1. The van der Waals surface area contributed by atoms with Crippen molar-refractivity contribution in [2.75, 3.05) is 23.8 Å². The summed E-state index contributed by atoms with van der Waals surface area (Å²) in [5.41, 5.74) is 5.21. The second-order valence-electron chi connectivity index (χ2n) is 10.9. The van der Waals surface area contributed by atoms with Crippen LogP contribution in [0, 0.1) is 12.8 Å². The molecule has 42 heavy (non-hydrogen) atoms. The summed E-state index contributed by atoms with van der Waals surface area (Å²) in [5.74, 6) is -0.206. The number of hydrogen-bond donors (Lipinski definition) is 1. The highest BCUT2D eigenvalue weighted by molar-refractivity contribution is 7.10. The second-order valence-corrected chi connectivity index (χ2v) is 12.9. The Morgan fingerprint density at radius 2 is 1.88 bits per heavy atom. The maximum absolute atomic E-state index is 14.2. The van der Waals surface area contributed by atoms with Gasteiger partial charge in [-0.1, -0.05) is 43.8 Å². The van der Waals surface area contributed by atoms with Crippen molar-refractivity contribution in [1.82, 2.24) is 9.88 Å². The summed E-state index contributed by atoms with van der Waals surface area (Å²) in [7, 11) is 2.06. The van der Waals surface area contributed by atoms with E-state index in [1.807, 2.05) is 60.8 Å². The second kappa shape index (κ2) is 13.5. The number of rotatable bonds is 13. The molecule has 1 aliphatic carbocycles. The number of thiophene rings is 1. The van der Waals surface area contributed by atoms with Gasteiger partial charge < -0.3 is 15.1 Å². The molecular formula is C34H38N4O2S2. The molecule has 1 saturated carbocycles. The minimum absolute atomic E-state index is 0.160. The molecule has 5 rings (SSSR count). The van der Waals surface area contributed by atoms with E-state index in [9.17, 15) is 9.59 Å². The zero-order chi connectivity index (χ0) is 29.6. The third kappa shape index (κ3) is 7.36. The van der Waals surface area contributed by atoms with Gasteiger partial charge >= 0.3 is 0 Å². The highest BCUT2D eigenvalue weighted by Crippen LogP contribution is 2.38. The molecule has 1 atom stereocenters. The van der Waals surface area contributed by atoms with Crippen LogP contribution in [0.2, 0.25) is 0 Å². The van der Waals surface area contributed by atoms with Crippen molar-refractivity contribution in [2.45, 2.75) is 52.1 Å². The van der Waals surface area contributed by atoms with Gasteiger partial charge in [-0.25, -0.2) is 4.98 Å². The first-order valence-electron chi connectivity index (χ1n) is 14.5. The van der Waals surface area contributed by atoms with Gasteiger partial charge in [-0.3, -0.25) is 9.59 Å². The highest BCUT2D eigenvalue weighted by Gasteiger charge is 2.37. The fourth-order valence-corrected chi connectivity index (χ4v) is 6.59. The SMILES string of the molecule is C=C(C(=O)N(CCc1nc(C)cs1)C(C(=O)Nc1cccc(CC)c1)c1ccc(N(C)Cc2cccs2)cc1)C1CC1. The molecule has 6 nitrogen and oxygen atoms in total. The number of aryl methyl sites for hydroxylation is 2. The van der Waals surface area contributed by atoms with E-state index >= 15 is 0 Å². The summed E-state index contributed by atoms with van der Waals surface area (Å²) in [5, 5.41) is 8.16. The molecular weight excluding hydrogens is 561 g/mol. The smallest absolute Gasteiger partial charge is 0.251 e. The summed E-state index contributed by atoms with van der Waals surface area (Å²) in [6.07, 6.45) is 3.37. The Morgan fingerprint density at radius 3 is 2.52 bits per heavy atom. The molecule has 0 bridgehead atoms. The first-order valence-corrected chi connectivity index (χ1v) is 16.2. The van der Waals surface area contributed by atoms with Gasteiger partial charge in [0.25, 0.3) is 5.91 Å². The lowest BCUT2D eigenvalue weighted by molar-refractivity contribution is -0.136. The fraction of sp³-hybridized carbons (Fsp3) is 0.324. The normalized spacial score (nSPS) is 13.4. The maximum Gasteiger partial charge on any atom is 0.251 e. The van der Waals surface area contributed by atoms with Crippen molar-refractivity contribution >= 4 is 45.9 Å². The van der Waals surface area contributed by atoms with E-state index in [0.717, 1.165) is 59.0 Å². The number of carbonyl (C=O) groups is 2. The van der Waals surface area contributed by atoms with Crippen LogP contribution in [0.15, 0.2) is 83.6 Å². The topological polar surface area (TPSA) is 65.5 Å². The van der Waals surface area contributed by atoms with Crippen molar-refractivity contribution < 1.29 is 9.59 Å². The number of nitrogens with one attached hydrogen (secondary N) is 1. The van der Waals surface area contributed by atoms with Crippen molar-refractivity contribution in [3.63, 3.8) is 0 Å². The molecule has 2 heterocycles. The number of benzene rings is 2. The molecule has 1 aliphatic rings. The Hall–Kier alpha value is -3.75. The van der Waals surface area contributed by atoms with Crippen LogP contribution in [-0.4, -0.2) is 35.3 Å². The summed E-state index contributed by atoms with van der Waals surface area (Å²) in [4.78, 5) is 37.9. The molecule has 0 saturated heterocycles. The van der Waals surface area contributed by atoms with E-state index in [4.69, 9.17) is 0 Å². The van der Waals surface area contributed by atoms with Crippen molar-refractivity contribution in [3.8, 4) is 0 Å². The predicted molar refractivity (Wildman–Crippen MR) is 174 cm³/mol. The number of anilines is 2. The van der Waals surface area contributed by atoms with Crippen molar-refractivity contribution in [1.29, 1.82) is 0 Å². The average molecular weight is 599 g/mol. The van der Waals surface area contributed by atoms with Crippen LogP contribution in [0.1, 0.15) is 52.5 Å². The molecule has 1 N–H and O–H groups in total.